The van der Waals surface area contributed by atoms with Crippen LogP contribution in [0, 0.1) is 6.92 Å². The predicted octanol–water partition coefficient (Wildman–Crippen LogP) is 1.93. The summed E-state index contributed by atoms with van der Waals surface area (Å²) in [6.45, 7) is 3.67. The second kappa shape index (κ2) is 7.25. The number of thiazole rings is 1. The van der Waals surface area contributed by atoms with Gasteiger partial charge in [0, 0.05) is 11.1 Å². The zero-order chi connectivity index (χ0) is 18.7. The monoisotopic (exact) mass is 372 g/mol. The molecule has 1 aliphatic heterocycles. The summed E-state index contributed by atoms with van der Waals surface area (Å²) in [5, 5.41) is 8.14. The fraction of sp³-hybridized carbons (Fsp3) is 0.333. The van der Waals surface area contributed by atoms with E-state index in [1.807, 2.05) is 37.4 Å². The fourth-order valence-corrected chi connectivity index (χ4v) is 3.70. The lowest BCUT2D eigenvalue weighted by Crippen LogP contribution is -2.44. The summed E-state index contributed by atoms with van der Waals surface area (Å²) >= 11 is 1.45. The van der Waals surface area contributed by atoms with Crippen LogP contribution in [0.2, 0.25) is 0 Å². The van der Waals surface area contributed by atoms with Gasteiger partial charge in [-0.25, -0.2) is 9.78 Å². The van der Waals surface area contributed by atoms with Crippen molar-refractivity contribution >= 4 is 29.2 Å². The van der Waals surface area contributed by atoms with Crippen molar-refractivity contribution in [1.29, 1.82) is 0 Å². The van der Waals surface area contributed by atoms with Gasteiger partial charge in [-0.05, 0) is 18.9 Å². The van der Waals surface area contributed by atoms with Gasteiger partial charge in [0.15, 0.2) is 0 Å². The normalized spacial score (nSPS) is 19.5. The number of rotatable bonds is 6. The maximum Gasteiger partial charge on any atom is 0.325 e. The molecule has 0 aliphatic carbocycles. The average molecular weight is 372 g/mol. The number of benzene rings is 1. The Bertz CT molecular complexity index is 836. The summed E-state index contributed by atoms with van der Waals surface area (Å²) in [4.78, 5) is 42.7. The van der Waals surface area contributed by atoms with Crippen molar-refractivity contribution in [3.05, 3.63) is 52.0 Å². The summed E-state index contributed by atoms with van der Waals surface area (Å²) in [7, 11) is 0. The molecular formula is C18H20N4O3S. The Morgan fingerprint density at radius 2 is 2.04 bits per heavy atom. The van der Waals surface area contributed by atoms with Crippen molar-refractivity contribution in [3.8, 4) is 0 Å². The number of carbonyl (C=O) groups excluding carboxylic acids is 3. The first-order chi connectivity index (χ1) is 12.5. The van der Waals surface area contributed by atoms with Gasteiger partial charge >= 0.3 is 6.03 Å². The third-order valence-electron chi connectivity index (χ3n) is 4.38. The second-order valence-corrected chi connectivity index (χ2v) is 7.05. The van der Waals surface area contributed by atoms with E-state index in [-0.39, 0.29) is 13.1 Å². The van der Waals surface area contributed by atoms with Crippen molar-refractivity contribution < 1.29 is 14.4 Å². The Balaban J connectivity index is 1.69. The first kappa shape index (κ1) is 18.1. The quantitative estimate of drug-likeness (QED) is 0.758. The average Bonchev–Trinajstić information content (AvgIpc) is 3.17. The third-order valence-corrected chi connectivity index (χ3v) is 5.34. The largest absolute Gasteiger partial charge is 0.348 e. The standard InChI is InChI=1S/C18H20N4O3S/c1-3-18(13-7-5-4-6-8-13)16(24)22(17(25)21-18)10-14(23)19-9-15-20-12(2)11-26-15/h4-8,11H,3,9-10H2,1-2H3,(H,19,23)(H,21,25)/t18-/m1/s1. The van der Waals surface area contributed by atoms with Crippen molar-refractivity contribution in [3.63, 3.8) is 0 Å². The van der Waals surface area contributed by atoms with Crippen LogP contribution in [0.25, 0.3) is 0 Å². The molecule has 1 atom stereocenters. The van der Waals surface area contributed by atoms with Crippen LogP contribution in [0.15, 0.2) is 35.7 Å². The number of amides is 4. The minimum absolute atomic E-state index is 0.276. The van der Waals surface area contributed by atoms with E-state index in [0.717, 1.165) is 15.6 Å². The van der Waals surface area contributed by atoms with Crippen LogP contribution in [0.5, 0.6) is 0 Å². The molecule has 0 radical (unpaired) electrons. The number of hydrogen-bond acceptors (Lipinski definition) is 5. The maximum absolute atomic E-state index is 12.9. The van der Waals surface area contributed by atoms with Crippen molar-refractivity contribution in [2.24, 2.45) is 0 Å². The van der Waals surface area contributed by atoms with Gasteiger partial charge in [0.25, 0.3) is 5.91 Å². The van der Waals surface area contributed by atoms with Gasteiger partial charge in [-0.1, -0.05) is 37.3 Å². The Morgan fingerprint density at radius 3 is 2.65 bits per heavy atom. The van der Waals surface area contributed by atoms with Crippen molar-refractivity contribution in [2.75, 3.05) is 6.54 Å². The molecule has 2 N–H and O–H groups in total. The van der Waals surface area contributed by atoms with Crippen molar-refractivity contribution in [1.82, 2.24) is 20.5 Å². The highest BCUT2D eigenvalue weighted by atomic mass is 32.1. The first-order valence-corrected chi connectivity index (χ1v) is 9.21. The van der Waals surface area contributed by atoms with E-state index in [9.17, 15) is 14.4 Å². The Hall–Kier alpha value is -2.74. The molecule has 0 unspecified atom stereocenters. The molecule has 2 heterocycles. The molecule has 1 aliphatic rings. The van der Waals surface area contributed by atoms with Gasteiger partial charge in [-0.15, -0.1) is 11.3 Å². The first-order valence-electron chi connectivity index (χ1n) is 8.33. The van der Waals surface area contributed by atoms with E-state index in [1.54, 1.807) is 12.1 Å². The molecule has 0 saturated carbocycles. The van der Waals surface area contributed by atoms with Crippen LogP contribution in [0.3, 0.4) is 0 Å². The van der Waals surface area contributed by atoms with E-state index >= 15 is 0 Å². The molecule has 1 aromatic carbocycles. The predicted molar refractivity (Wildman–Crippen MR) is 97.4 cm³/mol. The molecule has 1 fully saturated rings. The van der Waals surface area contributed by atoms with Crippen LogP contribution >= 0.6 is 11.3 Å². The molecule has 26 heavy (non-hydrogen) atoms. The van der Waals surface area contributed by atoms with Gasteiger partial charge in [0.2, 0.25) is 5.91 Å². The maximum atomic E-state index is 12.9. The molecular weight excluding hydrogens is 352 g/mol. The molecule has 3 rings (SSSR count). The summed E-state index contributed by atoms with van der Waals surface area (Å²) in [5.41, 5.74) is 0.483. The topological polar surface area (TPSA) is 91.4 Å². The van der Waals surface area contributed by atoms with Gasteiger partial charge in [-0.2, -0.15) is 0 Å². The van der Waals surface area contributed by atoms with Crippen molar-refractivity contribution in [2.45, 2.75) is 32.4 Å². The molecule has 0 bridgehead atoms. The number of hydrogen-bond donors (Lipinski definition) is 2. The Kier molecular flexibility index (Phi) is 5.03. The van der Waals surface area contributed by atoms with Gasteiger partial charge in [0.1, 0.15) is 17.1 Å². The number of nitrogens with zero attached hydrogens (tertiary/aromatic N) is 2. The van der Waals surface area contributed by atoms with Crippen LogP contribution in [-0.4, -0.2) is 34.3 Å². The SMILES string of the molecule is CC[C@]1(c2ccccc2)NC(=O)N(CC(=O)NCc2nc(C)cs2)C1=O. The zero-order valence-corrected chi connectivity index (χ0v) is 15.4. The van der Waals surface area contributed by atoms with Crippen LogP contribution < -0.4 is 10.6 Å². The minimum Gasteiger partial charge on any atom is -0.348 e. The Labute approximate surface area is 155 Å². The molecule has 1 aromatic heterocycles. The number of aromatic nitrogens is 1. The highest BCUT2D eigenvalue weighted by Crippen LogP contribution is 2.32. The number of urea groups is 1. The minimum atomic E-state index is -1.12. The lowest BCUT2D eigenvalue weighted by atomic mass is 9.87. The van der Waals surface area contributed by atoms with E-state index in [0.29, 0.717) is 12.0 Å². The molecule has 8 heteroatoms. The Morgan fingerprint density at radius 1 is 1.31 bits per heavy atom. The number of carbonyl (C=O) groups is 3. The van der Waals surface area contributed by atoms with Gasteiger partial charge in [0.05, 0.1) is 6.54 Å². The number of aryl methyl sites for hydroxylation is 1. The summed E-state index contributed by atoms with van der Waals surface area (Å²) in [6.07, 6.45) is 0.401. The highest BCUT2D eigenvalue weighted by molar-refractivity contribution is 7.09. The summed E-state index contributed by atoms with van der Waals surface area (Å²) in [5.74, 6) is -0.808. The lowest BCUT2D eigenvalue weighted by molar-refractivity contribution is -0.135. The van der Waals surface area contributed by atoms with Gasteiger partial charge < -0.3 is 10.6 Å². The number of imide groups is 1. The lowest BCUT2D eigenvalue weighted by Gasteiger charge is -2.25. The van der Waals surface area contributed by atoms with Crippen LogP contribution in [-0.2, 0) is 21.7 Å². The second-order valence-electron chi connectivity index (χ2n) is 6.11. The smallest absolute Gasteiger partial charge is 0.325 e. The van der Waals surface area contributed by atoms with Gasteiger partial charge in [-0.3, -0.25) is 14.5 Å². The van der Waals surface area contributed by atoms with E-state index in [4.69, 9.17) is 0 Å². The molecule has 4 amide bonds. The zero-order valence-electron chi connectivity index (χ0n) is 14.6. The van der Waals surface area contributed by atoms with Crippen LogP contribution in [0.1, 0.15) is 29.6 Å². The van der Waals surface area contributed by atoms with E-state index in [2.05, 4.69) is 15.6 Å². The highest BCUT2D eigenvalue weighted by Gasteiger charge is 2.51. The number of nitrogens with one attached hydrogen (secondary N) is 2. The van der Waals surface area contributed by atoms with E-state index in [1.165, 1.54) is 11.3 Å². The molecule has 1 saturated heterocycles. The molecule has 7 nitrogen and oxygen atoms in total. The molecule has 2 aromatic rings. The van der Waals surface area contributed by atoms with Crippen LogP contribution in [0.4, 0.5) is 4.79 Å². The third kappa shape index (κ3) is 3.32. The molecule has 136 valence electrons. The summed E-state index contributed by atoms with van der Waals surface area (Å²) < 4.78 is 0. The summed E-state index contributed by atoms with van der Waals surface area (Å²) in [6, 6.07) is 8.53. The molecule has 0 spiro atoms. The fourth-order valence-electron chi connectivity index (χ4n) is 2.99. The van der Waals surface area contributed by atoms with E-state index < -0.39 is 23.4 Å².